The van der Waals surface area contributed by atoms with Crippen LogP contribution in [0, 0.1) is 22.0 Å². The first kappa shape index (κ1) is 16.9. The van der Waals surface area contributed by atoms with Crippen LogP contribution in [0.4, 0.5) is 5.69 Å². The summed E-state index contributed by atoms with van der Waals surface area (Å²) in [6.07, 6.45) is 2.33. The molecule has 1 aliphatic rings. The predicted molar refractivity (Wildman–Crippen MR) is 82.7 cm³/mol. The summed E-state index contributed by atoms with van der Waals surface area (Å²) < 4.78 is 0. The molecule has 124 valence electrons. The first-order valence-electron chi connectivity index (χ1n) is 7.60. The Bertz CT molecular complexity index is 616. The van der Waals surface area contributed by atoms with Crippen molar-refractivity contribution in [2.75, 3.05) is 7.05 Å². The standard InChI is InChI=1S/C16H20N2O5/c1-17(10-13-5-2-3-8-14(13)18(22)23)15(19)11-6-4-7-12(9-11)16(20)21/h2-3,5,8,11-12H,4,6-7,9-10H2,1H3,(H,20,21). The second kappa shape index (κ2) is 7.21. The van der Waals surface area contributed by atoms with Crippen LogP contribution in [0.25, 0.3) is 0 Å². The monoisotopic (exact) mass is 320 g/mol. The fourth-order valence-corrected chi connectivity index (χ4v) is 3.11. The molecule has 1 aromatic rings. The molecule has 1 aromatic carbocycles. The first-order valence-corrected chi connectivity index (χ1v) is 7.60. The zero-order chi connectivity index (χ0) is 17.0. The fourth-order valence-electron chi connectivity index (χ4n) is 3.11. The minimum absolute atomic E-state index is 0.0146. The molecule has 1 amide bonds. The van der Waals surface area contributed by atoms with Crippen molar-refractivity contribution in [1.29, 1.82) is 0 Å². The van der Waals surface area contributed by atoms with Gasteiger partial charge in [-0.05, 0) is 19.3 Å². The van der Waals surface area contributed by atoms with Crippen molar-refractivity contribution < 1.29 is 19.6 Å². The van der Waals surface area contributed by atoms with Crippen LogP contribution in [0.15, 0.2) is 24.3 Å². The molecule has 23 heavy (non-hydrogen) atoms. The minimum Gasteiger partial charge on any atom is -0.481 e. The third-order valence-corrected chi connectivity index (χ3v) is 4.34. The van der Waals surface area contributed by atoms with Crippen LogP contribution < -0.4 is 0 Å². The molecule has 1 saturated carbocycles. The number of carboxylic acid groups (broad SMARTS) is 1. The van der Waals surface area contributed by atoms with Gasteiger partial charge in [-0.3, -0.25) is 19.7 Å². The summed E-state index contributed by atoms with van der Waals surface area (Å²) in [6, 6.07) is 6.32. The summed E-state index contributed by atoms with van der Waals surface area (Å²) in [5.74, 6) is -1.80. The van der Waals surface area contributed by atoms with E-state index in [1.165, 1.54) is 11.0 Å². The van der Waals surface area contributed by atoms with E-state index in [-0.39, 0.29) is 24.1 Å². The molecule has 2 unspecified atom stereocenters. The second-order valence-electron chi connectivity index (χ2n) is 5.98. The number of nitrogens with zero attached hydrogens (tertiary/aromatic N) is 2. The average Bonchev–Trinajstić information content (AvgIpc) is 2.54. The normalized spacial score (nSPS) is 20.7. The Morgan fingerprint density at radius 3 is 2.61 bits per heavy atom. The molecule has 0 bridgehead atoms. The number of rotatable bonds is 5. The smallest absolute Gasteiger partial charge is 0.306 e. The third-order valence-electron chi connectivity index (χ3n) is 4.34. The molecule has 7 heteroatoms. The molecule has 0 heterocycles. The summed E-state index contributed by atoms with van der Waals surface area (Å²) in [6.45, 7) is 0.143. The fraction of sp³-hybridized carbons (Fsp3) is 0.500. The van der Waals surface area contributed by atoms with E-state index in [4.69, 9.17) is 5.11 Å². The van der Waals surface area contributed by atoms with E-state index >= 15 is 0 Å². The van der Waals surface area contributed by atoms with E-state index in [0.717, 1.165) is 0 Å². The molecule has 1 aliphatic carbocycles. The Labute approximate surface area is 134 Å². The number of carbonyl (C=O) groups excluding carboxylic acids is 1. The summed E-state index contributed by atoms with van der Waals surface area (Å²) in [4.78, 5) is 35.6. The van der Waals surface area contributed by atoms with E-state index in [1.807, 2.05) is 0 Å². The topological polar surface area (TPSA) is 101 Å². The van der Waals surface area contributed by atoms with Crippen LogP contribution in [-0.2, 0) is 16.1 Å². The van der Waals surface area contributed by atoms with Crippen molar-refractivity contribution in [3.63, 3.8) is 0 Å². The van der Waals surface area contributed by atoms with E-state index < -0.39 is 16.8 Å². The average molecular weight is 320 g/mol. The Kier molecular flexibility index (Phi) is 5.31. The molecule has 2 atom stereocenters. The Hall–Kier alpha value is -2.44. The Morgan fingerprint density at radius 2 is 1.96 bits per heavy atom. The van der Waals surface area contributed by atoms with Crippen LogP contribution in [0.3, 0.4) is 0 Å². The number of benzene rings is 1. The quantitative estimate of drug-likeness (QED) is 0.663. The largest absolute Gasteiger partial charge is 0.481 e. The van der Waals surface area contributed by atoms with E-state index in [0.29, 0.717) is 31.2 Å². The number of nitro groups is 1. The number of carbonyl (C=O) groups is 2. The molecule has 1 fully saturated rings. The zero-order valence-corrected chi connectivity index (χ0v) is 13.0. The number of para-hydroxylation sites is 1. The van der Waals surface area contributed by atoms with E-state index in [2.05, 4.69) is 0 Å². The molecule has 1 N–H and O–H groups in total. The van der Waals surface area contributed by atoms with Crippen LogP contribution >= 0.6 is 0 Å². The van der Waals surface area contributed by atoms with Crippen molar-refractivity contribution in [3.05, 3.63) is 39.9 Å². The number of hydrogen-bond donors (Lipinski definition) is 1. The lowest BCUT2D eigenvalue weighted by molar-refractivity contribution is -0.385. The molecule has 0 aromatic heterocycles. The highest BCUT2D eigenvalue weighted by Gasteiger charge is 2.32. The van der Waals surface area contributed by atoms with Crippen molar-refractivity contribution in [3.8, 4) is 0 Å². The van der Waals surface area contributed by atoms with Gasteiger partial charge in [0.1, 0.15) is 0 Å². The highest BCUT2D eigenvalue weighted by atomic mass is 16.6. The Morgan fingerprint density at radius 1 is 1.30 bits per heavy atom. The molecule has 0 aliphatic heterocycles. The lowest BCUT2D eigenvalue weighted by atomic mass is 9.81. The lowest BCUT2D eigenvalue weighted by Crippen LogP contribution is -2.36. The van der Waals surface area contributed by atoms with Gasteiger partial charge in [0.25, 0.3) is 5.69 Å². The maximum absolute atomic E-state index is 12.5. The van der Waals surface area contributed by atoms with Crippen molar-refractivity contribution in [2.45, 2.75) is 32.2 Å². The number of hydrogen-bond acceptors (Lipinski definition) is 4. The molecule has 2 rings (SSSR count). The van der Waals surface area contributed by atoms with Crippen molar-refractivity contribution in [1.82, 2.24) is 4.90 Å². The highest BCUT2D eigenvalue weighted by molar-refractivity contribution is 5.80. The summed E-state index contributed by atoms with van der Waals surface area (Å²) >= 11 is 0. The van der Waals surface area contributed by atoms with Crippen LogP contribution in [0.1, 0.15) is 31.2 Å². The second-order valence-corrected chi connectivity index (χ2v) is 5.98. The number of aliphatic carboxylic acids is 1. The Balaban J connectivity index is 2.06. The number of amides is 1. The van der Waals surface area contributed by atoms with Gasteiger partial charge in [0, 0.05) is 24.6 Å². The van der Waals surface area contributed by atoms with Crippen LogP contribution in [-0.4, -0.2) is 33.9 Å². The third kappa shape index (κ3) is 4.06. The molecule has 0 spiro atoms. The van der Waals surface area contributed by atoms with Gasteiger partial charge < -0.3 is 10.0 Å². The van der Waals surface area contributed by atoms with Crippen LogP contribution in [0.5, 0.6) is 0 Å². The van der Waals surface area contributed by atoms with Crippen molar-refractivity contribution >= 4 is 17.6 Å². The minimum atomic E-state index is -0.858. The summed E-state index contributed by atoms with van der Waals surface area (Å²) in [7, 11) is 1.60. The molecule has 0 radical (unpaired) electrons. The number of nitro benzene ring substituents is 1. The van der Waals surface area contributed by atoms with Gasteiger partial charge in [-0.15, -0.1) is 0 Å². The maximum atomic E-state index is 12.5. The number of carboxylic acids is 1. The molecular weight excluding hydrogens is 300 g/mol. The summed E-state index contributed by atoms with van der Waals surface area (Å²) in [5.41, 5.74) is 0.457. The SMILES string of the molecule is CN(Cc1ccccc1[N+](=O)[O-])C(=O)C1CCCC(C(=O)O)C1. The van der Waals surface area contributed by atoms with Crippen molar-refractivity contribution in [2.24, 2.45) is 11.8 Å². The van der Waals surface area contributed by atoms with Gasteiger partial charge in [-0.2, -0.15) is 0 Å². The molecule has 7 nitrogen and oxygen atoms in total. The summed E-state index contributed by atoms with van der Waals surface area (Å²) in [5, 5.41) is 20.1. The van der Waals surface area contributed by atoms with Gasteiger partial charge in [-0.1, -0.05) is 24.6 Å². The van der Waals surface area contributed by atoms with Gasteiger partial charge >= 0.3 is 5.97 Å². The van der Waals surface area contributed by atoms with Gasteiger partial charge in [-0.25, -0.2) is 0 Å². The highest BCUT2D eigenvalue weighted by Crippen LogP contribution is 2.31. The van der Waals surface area contributed by atoms with E-state index in [1.54, 1.807) is 25.2 Å². The molecule has 0 saturated heterocycles. The van der Waals surface area contributed by atoms with Gasteiger partial charge in [0.05, 0.1) is 17.4 Å². The lowest BCUT2D eigenvalue weighted by Gasteiger charge is -2.29. The van der Waals surface area contributed by atoms with Gasteiger partial charge in [0.15, 0.2) is 0 Å². The van der Waals surface area contributed by atoms with Crippen LogP contribution in [0.2, 0.25) is 0 Å². The van der Waals surface area contributed by atoms with Gasteiger partial charge in [0.2, 0.25) is 5.91 Å². The molecular formula is C16H20N2O5. The first-order chi connectivity index (χ1) is 10.9. The maximum Gasteiger partial charge on any atom is 0.306 e. The predicted octanol–water partition coefficient (Wildman–Crippen LogP) is 2.44. The zero-order valence-electron chi connectivity index (χ0n) is 13.0. The van der Waals surface area contributed by atoms with E-state index in [9.17, 15) is 19.7 Å².